The highest BCUT2D eigenvalue weighted by molar-refractivity contribution is 7.07. The van der Waals surface area contributed by atoms with E-state index in [0.717, 1.165) is 16.3 Å². The smallest absolute Gasteiger partial charge is 0.338 e. The van der Waals surface area contributed by atoms with Crippen LogP contribution in [0.5, 0.6) is 0 Å². The van der Waals surface area contributed by atoms with E-state index < -0.39 is 12.0 Å². The van der Waals surface area contributed by atoms with Crippen molar-refractivity contribution in [1.29, 1.82) is 0 Å². The number of nitrogens with zero attached hydrogens (tertiary/aromatic N) is 2. The standard InChI is InChI=1S/C31H22Cl2N2O4S/c1-3-38-30(37)27-17(2)34-31-35(28(27)22-10-6-8-18-7-4-5-9-21(18)22)29(36)26(40-31)16-20-12-14-25(39-20)23-15-19(32)11-13-24(23)33/h4-16,28H,3H2,1-2H3/b26-16+/t28-/m0/s1. The Kier molecular flexibility index (Phi) is 6.96. The molecule has 9 heteroatoms. The van der Waals surface area contributed by atoms with Crippen molar-refractivity contribution in [1.82, 2.24) is 4.57 Å². The summed E-state index contributed by atoms with van der Waals surface area (Å²) in [6.45, 7) is 3.74. The minimum absolute atomic E-state index is 0.208. The van der Waals surface area contributed by atoms with Crippen molar-refractivity contribution in [2.45, 2.75) is 19.9 Å². The predicted octanol–water partition coefficient (Wildman–Crippen LogP) is 6.52. The molecule has 1 aliphatic rings. The first kappa shape index (κ1) is 26.3. The molecule has 0 radical (unpaired) electrons. The average molecular weight is 590 g/mol. The van der Waals surface area contributed by atoms with Gasteiger partial charge in [-0.15, -0.1) is 0 Å². The molecule has 0 saturated carbocycles. The van der Waals surface area contributed by atoms with Gasteiger partial charge in [-0.05, 0) is 60.5 Å². The van der Waals surface area contributed by atoms with Crippen molar-refractivity contribution in [3.8, 4) is 11.3 Å². The van der Waals surface area contributed by atoms with Gasteiger partial charge in [0.1, 0.15) is 11.5 Å². The molecule has 0 spiro atoms. The van der Waals surface area contributed by atoms with E-state index in [-0.39, 0.29) is 12.2 Å². The number of allylic oxidation sites excluding steroid dienone is 1. The minimum atomic E-state index is -0.707. The number of fused-ring (bicyclic) bond motifs is 2. The molecule has 3 aromatic carbocycles. The second-order valence-corrected chi connectivity index (χ2v) is 11.0. The summed E-state index contributed by atoms with van der Waals surface area (Å²) in [7, 11) is 0. The van der Waals surface area contributed by atoms with Crippen LogP contribution in [0.15, 0.2) is 98.3 Å². The number of carbonyl (C=O) groups is 1. The maximum absolute atomic E-state index is 14.0. The summed E-state index contributed by atoms with van der Waals surface area (Å²) in [5.41, 5.74) is 2.04. The highest BCUT2D eigenvalue weighted by Crippen LogP contribution is 2.35. The van der Waals surface area contributed by atoms with Gasteiger partial charge >= 0.3 is 5.97 Å². The van der Waals surface area contributed by atoms with E-state index in [9.17, 15) is 9.59 Å². The van der Waals surface area contributed by atoms with Crippen LogP contribution in [0.1, 0.15) is 31.2 Å². The third-order valence-corrected chi connectivity index (χ3v) is 8.28. The largest absolute Gasteiger partial charge is 0.463 e. The van der Waals surface area contributed by atoms with Gasteiger partial charge in [-0.2, -0.15) is 0 Å². The van der Waals surface area contributed by atoms with Gasteiger partial charge in [0.05, 0.1) is 33.5 Å². The van der Waals surface area contributed by atoms with E-state index in [0.29, 0.717) is 47.7 Å². The lowest BCUT2D eigenvalue weighted by molar-refractivity contribution is -0.139. The van der Waals surface area contributed by atoms with Crippen LogP contribution in [0.4, 0.5) is 0 Å². The Morgan fingerprint density at radius 1 is 1.10 bits per heavy atom. The average Bonchev–Trinajstić information content (AvgIpc) is 3.53. The van der Waals surface area contributed by atoms with Crippen molar-refractivity contribution in [3.63, 3.8) is 0 Å². The number of aromatic nitrogens is 1. The first-order chi connectivity index (χ1) is 19.4. The summed E-state index contributed by atoms with van der Waals surface area (Å²) >= 11 is 13.7. The number of hydrogen-bond acceptors (Lipinski definition) is 6. The normalized spacial score (nSPS) is 15.3. The van der Waals surface area contributed by atoms with Gasteiger partial charge in [0, 0.05) is 16.7 Å². The van der Waals surface area contributed by atoms with E-state index in [4.69, 9.17) is 32.4 Å². The summed E-state index contributed by atoms with van der Waals surface area (Å²) in [5, 5.41) is 2.98. The highest BCUT2D eigenvalue weighted by Gasteiger charge is 2.34. The molecule has 40 heavy (non-hydrogen) atoms. The predicted molar refractivity (Wildman–Crippen MR) is 159 cm³/mol. The van der Waals surface area contributed by atoms with Crippen LogP contribution in [-0.2, 0) is 9.53 Å². The van der Waals surface area contributed by atoms with Crippen LogP contribution in [0, 0.1) is 0 Å². The van der Waals surface area contributed by atoms with E-state index in [1.165, 1.54) is 11.3 Å². The summed E-state index contributed by atoms with van der Waals surface area (Å²) in [6, 6.07) is 21.7. The fourth-order valence-corrected chi connectivity index (χ4v) is 6.37. The van der Waals surface area contributed by atoms with Crippen LogP contribution < -0.4 is 14.9 Å². The fraction of sp³-hybridized carbons (Fsp3) is 0.129. The molecule has 0 unspecified atom stereocenters. The van der Waals surface area contributed by atoms with E-state index in [1.807, 2.05) is 42.5 Å². The molecule has 5 aromatic rings. The summed E-state index contributed by atoms with van der Waals surface area (Å²) in [6.07, 6.45) is 1.68. The fourth-order valence-electron chi connectivity index (χ4n) is 4.97. The van der Waals surface area contributed by atoms with Crippen LogP contribution in [0.3, 0.4) is 0 Å². The van der Waals surface area contributed by atoms with Crippen molar-refractivity contribution < 1.29 is 13.9 Å². The molecular weight excluding hydrogens is 567 g/mol. The van der Waals surface area contributed by atoms with Crippen LogP contribution in [-0.4, -0.2) is 17.1 Å². The Morgan fingerprint density at radius 2 is 1.90 bits per heavy atom. The lowest BCUT2D eigenvalue weighted by Crippen LogP contribution is -2.40. The number of thiazole rings is 1. The van der Waals surface area contributed by atoms with Crippen molar-refractivity contribution in [2.75, 3.05) is 6.61 Å². The first-order valence-corrected chi connectivity index (χ1v) is 14.2. The maximum atomic E-state index is 14.0. The monoisotopic (exact) mass is 588 g/mol. The molecular formula is C31H22Cl2N2O4S. The maximum Gasteiger partial charge on any atom is 0.338 e. The Morgan fingerprint density at radius 3 is 2.73 bits per heavy atom. The van der Waals surface area contributed by atoms with Crippen molar-refractivity contribution >= 4 is 57.4 Å². The Hall–Kier alpha value is -3.91. The number of rotatable bonds is 5. The number of furan rings is 1. The van der Waals surface area contributed by atoms with Gasteiger partial charge < -0.3 is 9.15 Å². The van der Waals surface area contributed by atoms with E-state index in [2.05, 4.69) is 4.99 Å². The van der Waals surface area contributed by atoms with E-state index in [1.54, 1.807) is 54.8 Å². The van der Waals surface area contributed by atoms with Crippen LogP contribution in [0.2, 0.25) is 10.0 Å². The molecule has 1 atom stereocenters. The molecule has 3 heterocycles. The molecule has 0 N–H and O–H groups in total. The lowest BCUT2D eigenvalue weighted by Gasteiger charge is -2.25. The summed E-state index contributed by atoms with van der Waals surface area (Å²) in [4.78, 5) is 32.4. The number of benzene rings is 3. The molecule has 0 bridgehead atoms. The lowest BCUT2D eigenvalue weighted by atomic mass is 9.91. The summed E-state index contributed by atoms with van der Waals surface area (Å²) < 4.78 is 13.4. The zero-order valence-electron chi connectivity index (χ0n) is 21.5. The highest BCUT2D eigenvalue weighted by atomic mass is 35.5. The molecule has 0 fully saturated rings. The molecule has 0 aliphatic carbocycles. The zero-order chi connectivity index (χ0) is 28.0. The number of ether oxygens (including phenoxy) is 1. The van der Waals surface area contributed by atoms with Crippen molar-refractivity contribution in [3.05, 3.63) is 125 Å². The first-order valence-electron chi connectivity index (χ1n) is 12.6. The van der Waals surface area contributed by atoms with Gasteiger partial charge in [0.2, 0.25) is 0 Å². The third-order valence-electron chi connectivity index (χ3n) is 6.73. The second-order valence-electron chi connectivity index (χ2n) is 9.20. The number of carbonyl (C=O) groups excluding carboxylic acids is 1. The van der Waals surface area contributed by atoms with Crippen LogP contribution in [0.25, 0.3) is 28.2 Å². The zero-order valence-corrected chi connectivity index (χ0v) is 23.8. The number of esters is 1. The van der Waals surface area contributed by atoms with Gasteiger partial charge in [0.25, 0.3) is 5.56 Å². The molecule has 2 aromatic heterocycles. The molecule has 200 valence electrons. The van der Waals surface area contributed by atoms with Gasteiger partial charge in [-0.25, -0.2) is 9.79 Å². The Bertz CT molecular complexity index is 2010. The van der Waals surface area contributed by atoms with E-state index >= 15 is 0 Å². The molecule has 6 nitrogen and oxygen atoms in total. The minimum Gasteiger partial charge on any atom is -0.463 e. The quantitative estimate of drug-likeness (QED) is 0.219. The molecule has 6 rings (SSSR count). The Labute approximate surface area is 243 Å². The second kappa shape index (κ2) is 10.6. The summed E-state index contributed by atoms with van der Waals surface area (Å²) in [5.74, 6) is 0.505. The number of halogens is 2. The van der Waals surface area contributed by atoms with Crippen LogP contribution >= 0.6 is 34.5 Å². The Balaban J connectivity index is 1.53. The van der Waals surface area contributed by atoms with Gasteiger partial charge in [0.15, 0.2) is 4.80 Å². The van der Waals surface area contributed by atoms with Gasteiger partial charge in [-0.3, -0.25) is 9.36 Å². The molecule has 0 saturated heterocycles. The number of hydrogen-bond donors (Lipinski definition) is 0. The third kappa shape index (κ3) is 4.60. The van der Waals surface area contributed by atoms with Crippen molar-refractivity contribution in [2.24, 2.45) is 4.99 Å². The topological polar surface area (TPSA) is 73.8 Å². The molecule has 1 aliphatic heterocycles. The SMILES string of the molecule is CCOC(=O)C1=C(C)N=c2s/c(=C/c3ccc(-c4cc(Cl)ccc4Cl)o3)c(=O)n2[C@H]1c1cccc2ccccc12. The molecule has 0 amide bonds. The van der Waals surface area contributed by atoms with Gasteiger partial charge in [-0.1, -0.05) is 77.0 Å².